The molecule has 1 aliphatic heterocycles. The summed E-state index contributed by atoms with van der Waals surface area (Å²) >= 11 is 0. The average molecular weight is 245 g/mol. The molecule has 1 fully saturated rings. The average Bonchev–Trinajstić information content (AvgIpc) is 2.70. The third-order valence-corrected chi connectivity index (χ3v) is 2.90. The Morgan fingerprint density at radius 3 is 2.78 bits per heavy atom. The molecule has 0 aromatic heterocycles. The van der Waals surface area contributed by atoms with E-state index in [0.29, 0.717) is 6.54 Å². The van der Waals surface area contributed by atoms with Crippen LogP contribution in [-0.2, 0) is 4.79 Å². The number of aromatic hydroxyl groups is 1. The lowest BCUT2D eigenvalue weighted by Crippen LogP contribution is -2.24. The summed E-state index contributed by atoms with van der Waals surface area (Å²) in [5, 5.41) is 18.8. The number of hydrogen-bond acceptors (Lipinski definition) is 3. The predicted molar refractivity (Wildman–Crippen MR) is 64.4 cm³/mol. The van der Waals surface area contributed by atoms with Gasteiger partial charge in [0.1, 0.15) is 5.56 Å². The summed E-state index contributed by atoms with van der Waals surface area (Å²) in [6.07, 6.45) is 5.48. The van der Waals surface area contributed by atoms with Crippen LogP contribution >= 0.6 is 0 Å². The second kappa shape index (κ2) is 4.41. The van der Waals surface area contributed by atoms with E-state index in [4.69, 9.17) is 11.5 Å². The van der Waals surface area contributed by atoms with Crippen molar-refractivity contribution in [2.75, 3.05) is 11.4 Å². The third-order valence-electron chi connectivity index (χ3n) is 2.90. The van der Waals surface area contributed by atoms with E-state index < -0.39 is 11.7 Å². The summed E-state index contributed by atoms with van der Waals surface area (Å²) in [5.74, 6) is 0.427. The molecule has 1 aliphatic rings. The van der Waals surface area contributed by atoms with Crippen LogP contribution in [0.2, 0.25) is 0 Å². The van der Waals surface area contributed by atoms with Crippen LogP contribution < -0.4 is 4.90 Å². The molecule has 1 amide bonds. The monoisotopic (exact) mass is 245 g/mol. The second-order valence-corrected chi connectivity index (χ2v) is 4.05. The lowest BCUT2D eigenvalue weighted by Gasteiger charge is -2.18. The SMILES string of the molecule is C#CC1CC(=O)N(c2cccc(C(=O)O)c2O)C1. The van der Waals surface area contributed by atoms with Gasteiger partial charge in [-0.25, -0.2) is 4.79 Å². The van der Waals surface area contributed by atoms with Crippen molar-refractivity contribution in [2.24, 2.45) is 5.92 Å². The molecule has 92 valence electrons. The topological polar surface area (TPSA) is 77.8 Å². The Labute approximate surface area is 104 Å². The van der Waals surface area contributed by atoms with Gasteiger partial charge in [0.15, 0.2) is 5.75 Å². The summed E-state index contributed by atoms with van der Waals surface area (Å²) in [4.78, 5) is 24.0. The van der Waals surface area contributed by atoms with Crippen LogP contribution in [0.25, 0.3) is 0 Å². The maximum atomic E-state index is 11.7. The van der Waals surface area contributed by atoms with Gasteiger partial charge in [-0.3, -0.25) is 4.79 Å². The van der Waals surface area contributed by atoms with Crippen molar-refractivity contribution >= 4 is 17.6 Å². The van der Waals surface area contributed by atoms with E-state index in [-0.39, 0.29) is 29.5 Å². The van der Waals surface area contributed by atoms with E-state index in [2.05, 4.69) is 5.92 Å². The summed E-state index contributed by atoms with van der Waals surface area (Å²) < 4.78 is 0. The smallest absolute Gasteiger partial charge is 0.339 e. The highest BCUT2D eigenvalue weighted by molar-refractivity contribution is 6.00. The van der Waals surface area contributed by atoms with Crippen molar-refractivity contribution in [1.82, 2.24) is 0 Å². The van der Waals surface area contributed by atoms with Crippen LogP contribution in [0, 0.1) is 18.3 Å². The minimum Gasteiger partial charge on any atom is -0.505 e. The van der Waals surface area contributed by atoms with Gasteiger partial charge >= 0.3 is 5.97 Å². The fraction of sp³-hybridized carbons (Fsp3) is 0.231. The summed E-state index contributed by atoms with van der Waals surface area (Å²) in [5.41, 5.74) is -0.0397. The van der Waals surface area contributed by atoms with Crippen molar-refractivity contribution in [3.05, 3.63) is 23.8 Å². The van der Waals surface area contributed by atoms with E-state index in [1.54, 1.807) is 0 Å². The molecule has 5 nitrogen and oxygen atoms in total. The second-order valence-electron chi connectivity index (χ2n) is 4.05. The fourth-order valence-corrected chi connectivity index (χ4v) is 1.97. The highest BCUT2D eigenvalue weighted by atomic mass is 16.4. The molecular formula is C13H11NO4. The van der Waals surface area contributed by atoms with Crippen LogP contribution in [0.5, 0.6) is 5.75 Å². The van der Waals surface area contributed by atoms with E-state index in [1.165, 1.54) is 23.1 Å². The van der Waals surface area contributed by atoms with Gasteiger partial charge in [0, 0.05) is 18.9 Å². The summed E-state index contributed by atoms with van der Waals surface area (Å²) in [7, 11) is 0. The zero-order chi connectivity index (χ0) is 13.3. The molecule has 5 heteroatoms. The third kappa shape index (κ3) is 1.89. The normalized spacial score (nSPS) is 18.7. The molecule has 2 N–H and O–H groups in total. The number of carbonyl (C=O) groups excluding carboxylic acids is 1. The van der Waals surface area contributed by atoms with E-state index in [0.717, 1.165) is 0 Å². The highest BCUT2D eigenvalue weighted by Gasteiger charge is 2.31. The number of carbonyl (C=O) groups is 2. The zero-order valence-electron chi connectivity index (χ0n) is 9.46. The number of aromatic carboxylic acids is 1. The molecule has 0 radical (unpaired) electrons. The number of amides is 1. The maximum absolute atomic E-state index is 11.7. The highest BCUT2D eigenvalue weighted by Crippen LogP contribution is 2.34. The van der Waals surface area contributed by atoms with Crippen molar-refractivity contribution in [1.29, 1.82) is 0 Å². The number of terminal acetylenes is 1. The number of rotatable bonds is 2. The lowest BCUT2D eigenvalue weighted by atomic mass is 10.1. The van der Waals surface area contributed by atoms with Gasteiger partial charge in [0.05, 0.1) is 5.69 Å². The van der Waals surface area contributed by atoms with E-state index >= 15 is 0 Å². The predicted octanol–water partition coefficient (Wildman–Crippen LogP) is 1.08. The van der Waals surface area contributed by atoms with Gasteiger partial charge in [-0.05, 0) is 12.1 Å². The molecular weight excluding hydrogens is 234 g/mol. The fourth-order valence-electron chi connectivity index (χ4n) is 1.97. The number of nitrogens with zero attached hydrogens (tertiary/aromatic N) is 1. The Bertz CT molecular complexity index is 559. The van der Waals surface area contributed by atoms with Crippen molar-refractivity contribution in [2.45, 2.75) is 6.42 Å². The van der Waals surface area contributed by atoms with Crippen LogP contribution in [0.1, 0.15) is 16.8 Å². The number of phenols is 1. The van der Waals surface area contributed by atoms with Gasteiger partial charge in [-0.15, -0.1) is 12.3 Å². The van der Waals surface area contributed by atoms with Gasteiger partial charge < -0.3 is 15.1 Å². The molecule has 1 atom stereocenters. The Hall–Kier alpha value is -2.48. The largest absolute Gasteiger partial charge is 0.505 e. The molecule has 1 heterocycles. The molecule has 2 rings (SSSR count). The number of anilines is 1. The molecule has 1 unspecified atom stereocenters. The van der Waals surface area contributed by atoms with Crippen molar-refractivity contribution in [3.8, 4) is 18.1 Å². The summed E-state index contributed by atoms with van der Waals surface area (Å²) in [6, 6.07) is 4.26. The first-order valence-electron chi connectivity index (χ1n) is 5.36. The lowest BCUT2D eigenvalue weighted by molar-refractivity contribution is -0.117. The molecule has 1 saturated heterocycles. The first-order chi connectivity index (χ1) is 8.54. The van der Waals surface area contributed by atoms with Crippen molar-refractivity contribution in [3.63, 3.8) is 0 Å². The number of benzene rings is 1. The molecule has 0 bridgehead atoms. The Kier molecular flexibility index (Phi) is 2.94. The van der Waals surface area contributed by atoms with Gasteiger partial charge in [-0.1, -0.05) is 6.07 Å². The molecule has 1 aromatic carbocycles. The Balaban J connectivity index is 2.41. The first-order valence-corrected chi connectivity index (χ1v) is 5.36. The number of carboxylic acid groups (broad SMARTS) is 1. The molecule has 0 spiro atoms. The molecule has 1 aromatic rings. The van der Waals surface area contributed by atoms with Gasteiger partial charge in [0.2, 0.25) is 5.91 Å². The van der Waals surface area contributed by atoms with Crippen LogP contribution in [-0.4, -0.2) is 28.6 Å². The van der Waals surface area contributed by atoms with Crippen molar-refractivity contribution < 1.29 is 19.8 Å². The van der Waals surface area contributed by atoms with Gasteiger partial charge in [-0.2, -0.15) is 0 Å². The summed E-state index contributed by atoms with van der Waals surface area (Å²) in [6.45, 7) is 0.298. The zero-order valence-corrected chi connectivity index (χ0v) is 9.46. The Morgan fingerprint density at radius 1 is 1.50 bits per heavy atom. The Morgan fingerprint density at radius 2 is 2.22 bits per heavy atom. The molecule has 18 heavy (non-hydrogen) atoms. The van der Waals surface area contributed by atoms with Gasteiger partial charge in [0.25, 0.3) is 0 Å². The van der Waals surface area contributed by atoms with Crippen LogP contribution in [0.15, 0.2) is 18.2 Å². The number of carboxylic acids is 1. The standard InChI is InChI=1S/C13H11NO4/c1-2-8-6-11(15)14(7-8)10-5-3-4-9(12(10)16)13(17)18/h1,3-5,8,16H,6-7H2,(H,17,18). The first kappa shape index (κ1) is 12.0. The minimum atomic E-state index is -1.24. The molecule has 0 aliphatic carbocycles. The van der Waals surface area contributed by atoms with Crippen LogP contribution in [0.4, 0.5) is 5.69 Å². The number of hydrogen-bond donors (Lipinski definition) is 2. The minimum absolute atomic E-state index is 0.192. The van der Waals surface area contributed by atoms with E-state index in [1.807, 2.05) is 0 Å². The molecule has 0 saturated carbocycles. The maximum Gasteiger partial charge on any atom is 0.339 e. The van der Waals surface area contributed by atoms with Crippen LogP contribution in [0.3, 0.4) is 0 Å². The van der Waals surface area contributed by atoms with E-state index in [9.17, 15) is 14.7 Å². The quantitative estimate of drug-likeness (QED) is 0.764. The number of para-hydroxylation sites is 1.